The molecule has 1 aliphatic carbocycles. The van der Waals surface area contributed by atoms with Gasteiger partial charge in [-0.1, -0.05) is 12.1 Å². The molecule has 3 rings (SSSR count). The van der Waals surface area contributed by atoms with Crippen LogP contribution in [0.2, 0.25) is 0 Å². The van der Waals surface area contributed by atoms with Crippen LogP contribution in [0.25, 0.3) is 11.1 Å². The van der Waals surface area contributed by atoms with Crippen LogP contribution in [0.4, 0.5) is 18.9 Å². The van der Waals surface area contributed by atoms with Crippen molar-refractivity contribution in [3.05, 3.63) is 46.5 Å². The minimum Gasteiger partial charge on any atom is -0.465 e. The Hall–Kier alpha value is -3.57. The summed E-state index contributed by atoms with van der Waals surface area (Å²) in [6.07, 6.45) is 0.507. The summed E-state index contributed by atoms with van der Waals surface area (Å²) in [5, 5.41) is 19.3. The van der Waals surface area contributed by atoms with Gasteiger partial charge in [-0.05, 0) is 48.7 Å². The fraction of sp³-hybridized carbons (Fsp3) is 0.350. The molecule has 1 aromatic heterocycles. The predicted molar refractivity (Wildman–Crippen MR) is 111 cm³/mol. The number of ether oxygens (including phenoxy) is 1. The number of aliphatic hydroxyl groups is 1. The molecule has 1 fully saturated rings. The van der Waals surface area contributed by atoms with Gasteiger partial charge in [-0.3, -0.25) is 4.79 Å². The van der Waals surface area contributed by atoms with Gasteiger partial charge in [-0.2, -0.15) is 26.9 Å². The average Bonchev–Trinajstić information content (AvgIpc) is 3.61. The molecule has 0 aliphatic heterocycles. The molecule has 0 unspecified atom stereocenters. The number of aromatic nitrogens is 1. The molecule has 1 aliphatic rings. The Kier molecular flexibility index (Phi) is 7.96. The number of carbonyl (C=O) groups excluding carboxylic acids is 1. The second kappa shape index (κ2) is 10.1. The minimum absolute atomic E-state index is 0.0374. The lowest BCUT2D eigenvalue weighted by Gasteiger charge is -2.18. The maximum Gasteiger partial charge on any atom is 0.534 e. The van der Waals surface area contributed by atoms with Crippen molar-refractivity contribution >= 4 is 21.8 Å². The first-order valence-corrected chi connectivity index (χ1v) is 10.9. The van der Waals surface area contributed by atoms with Gasteiger partial charge in [-0.25, -0.2) is 4.98 Å². The summed E-state index contributed by atoms with van der Waals surface area (Å²) in [6.45, 7) is 1.61. The van der Waals surface area contributed by atoms with Crippen molar-refractivity contribution in [3.8, 4) is 23.1 Å². The highest BCUT2D eigenvalue weighted by Gasteiger charge is 2.55. The smallest absolute Gasteiger partial charge is 0.465 e. The molecule has 1 aromatic carbocycles. The van der Waals surface area contributed by atoms with E-state index in [0.29, 0.717) is 0 Å². The molecule has 0 radical (unpaired) electrons. The average molecular weight is 501 g/mol. The van der Waals surface area contributed by atoms with Crippen molar-refractivity contribution in [2.45, 2.75) is 30.7 Å². The molecule has 1 N–H and O–H groups in total. The topological polar surface area (TPSA) is 156 Å². The lowest BCUT2D eigenvalue weighted by Crippen LogP contribution is -2.29. The van der Waals surface area contributed by atoms with Crippen LogP contribution in [0.3, 0.4) is 0 Å². The molecule has 0 spiro atoms. The SMILES string of the molecule is CCOC(=O)C1(c2cc(-c3ccc(N=O)cc3)c(C#N)c(OS(=O)(=O)C(F)(F)F)n2)CC1.CO. The van der Waals surface area contributed by atoms with E-state index < -0.39 is 38.5 Å². The number of aliphatic hydroxyl groups excluding tert-OH is 1. The number of pyridine rings is 1. The number of halogens is 3. The number of rotatable bonds is 7. The van der Waals surface area contributed by atoms with Gasteiger partial charge in [0.2, 0.25) is 0 Å². The van der Waals surface area contributed by atoms with Gasteiger partial charge in [0, 0.05) is 12.7 Å². The largest absolute Gasteiger partial charge is 0.534 e. The molecule has 0 bridgehead atoms. The molecule has 182 valence electrons. The molecule has 14 heteroatoms. The first kappa shape index (κ1) is 26.7. The van der Waals surface area contributed by atoms with E-state index in [-0.39, 0.29) is 42.0 Å². The number of benzene rings is 1. The monoisotopic (exact) mass is 501 g/mol. The van der Waals surface area contributed by atoms with Crippen LogP contribution in [-0.2, 0) is 25.1 Å². The number of carbonyl (C=O) groups is 1. The maximum absolute atomic E-state index is 12.9. The Morgan fingerprint density at radius 3 is 2.29 bits per heavy atom. The zero-order valence-electron chi connectivity index (χ0n) is 17.8. The highest BCUT2D eigenvalue weighted by molar-refractivity contribution is 7.87. The van der Waals surface area contributed by atoms with Crippen LogP contribution in [0.1, 0.15) is 31.0 Å². The number of hydrogen-bond donors (Lipinski definition) is 1. The lowest BCUT2D eigenvalue weighted by molar-refractivity contribution is -0.146. The summed E-state index contributed by atoms with van der Waals surface area (Å²) in [4.78, 5) is 26.9. The Balaban J connectivity index is 0.00000199. The van der Waals surface area contributed by atoms with E-state index in [4.69, 9.17) is 9.84 Å². The second-order valence-corrected chi connectivity index (χ2v) is 8.31. The summed E-state index contributed by atoms with van der Waals surface area (Å²) in [6, 6.07) is 8.16. The number of nitrogens with zero attached hydrogens (tertiary/aromatic N) is 3. The molecule has 1 heterocycles. The molecular formula is C20H18F3N3O7S. The van der Waals surface area contributed by atoms with Crippen LogP contribution >= 0.6 is 0 Å². The van der Waals surface area contributed by atoms with Crippen molar-refractivity contribution < 1.29 is 40.4 Å². The van der Waals surface area contributed by atoms with Gasteiger partial charge in [-0.15, -0.1) is 4.91 Å². The maximum atomic E-state index is 12.9. The summed E-state index contributed by atoms with van der Waals surface area (Å²) in [5.41, 5.74) is -7.55. The first-order valence-electron chi connectivity index (χ1n) is 9.51. The normalized spacial score (nSPS) is 14.1. The zero-order chi connectivity index (χ0) is 25.7. The van der Waals surface area contributed by atoms with Gasteiger partial charge >= 0.3 is 21.6 Å². The van der Waals surface area contributed by atoms with E-state index in [1.54, 1.807) is 13.0 Å². The summed E-state index contributed by atoms with van der Waals surface area (Å²) < 4.78 is 71.1. The second-order valence-electron chi connectivity index (χ2n) is 6.77. The van der Waals surface area contributed by atoms with Gasteiger partial charge < -0.3 is 14.0 Å². The molecule has 0 saturated heterocycles. The molecule has 2 aromatic rings. The fourth-order valence-corrected chi connectivity index (χ4v) is 3.40. The van der Waals surface area contributed by atoms with Gasteiger partial charge in [0.1, 0.15) is 22.7 Å². The van der Waals surface area contributed by atoms with Crippen LogP contribution in [-0.4, -0.2) is 43.7 Å². The van der Waals surface area contributed by atoms with E-state index in [0.717, 1.165) is 7.11 Å². The fourth-order valence-electron chi connectivity index (χ4n) is 2.97. The van der Waals surface area contributed by atoms with Crippen molar-refractivity contribution in [1.29, 1.82) is 5.26 Å². The first-order chi connectivity index (χ1) is 16.0. The number of esters is 1. The highest BCUT2D eigenvalue weighted by Crippen LogP contribution is 2.50. The van der Waals surface area contributed by atoms with E-state index >= 15 is 0 Å². The third kappa shape index (κ3) is 5.15. The highest BCUT2D eigenvalue weighted by atomic mass is 32.2. The molecule has 0 atom stereocenters. The van der Waals surface area contributed by atoms with Crippen molar-refractivity contribution in [1.82, 2.24) is 4.98 Å². The Morgan fingerprint density at radius 1 is 1.26 bits per heavy atom. The number of nitriles is 1. The van der Waals surface area contributed by atoms with E-state index in [9.17, 15) is 36.6 Å². The Bertz CT molecular complexity index is 1220. The van der Waals surface area contributed by atoms with Crippen molar-refractivity contribution in [2.24, 2.45) is 5.18 Å². The summed E-state index contributed by atoms with van der Waals surface area (Å²) >= 11 is 0. The predicted octanol–water partition coefficient (Wildman–Crippen LogP) is 3.45. The Morgan fingerprint density at radius 2 is 1.85 bits per heavy atom. The van der Waals surface area contributed by atoms with Gasteiger partial charge in [0.05, 0.1) is 12.3 Å². The third-order valence-electron chi connectivity index (χ3n) is 4.76. The van der Waals surface area contributed by atoms with Crippen LogP contribution < -0.4 is 4.18 Å². The number of alkyl halides is 3. The van der Waals surface area contributed by atoms with Crippen LogP contribution in [0.15, 0.2) is 35.5 Å². The number of hydrogen-bond acceptors (Lipinski definition) is 10. The minimum atomic E-state index is -6.15. The molecule has 0 amide bonds. The summed E-state index contributed by atoms with van der Waals surface area (Å²) in [5.74, 6) is -1.81. The van der Waals surface area contributed by atoms with Crippen LogP contribution in [0.5, 0.6) is 5.88 Å². The lowest BCUT2D eigenvalue weighted by atomic mass is 9.95. The van der Waals surface area contributed by atoms with Crippen molar-refractivity contribution in [3.63, 3.8) is 0 Å². The van der Waals surface area contributed by atoms with E-state index in [1.165, 1.54) is 30.3 Å². The quantitative estimate of drug-likeness (QED) is 0.260. The summed E-state index contributed by atoms with van der Waals surface area (Å²) in [7, 11) is -5.15. The standard InChI is InChI=1S/C19H14F3N3O6S.CH4O/c1-2-30-17(26)18(7-8-18)15-9-13(11-3-5-12(25-27)6-4-11)14(10-23)16(24-15)31-32(28,29)19(20,21)22;1-2/h3-6,9H,2,7-8H2,1H3;2H,1H3. The van der Waals surface area contributed by atoms with E-state index in [2.05, 4.69) is 14.3 Å². The third-order valence-corrected chi connectivity index (χ3v) is 5.70. The van der Waals surface area contributed by atoms with Gasteiger partial charge in [0.15, 0.2) is 0 Å². The molecular weight excluding hydrogens is 483 g/mol. The molecule has 34 heavy (non-hydrogen) atoms. The van der Waals surface area contributed by atoms with Gasteiger partial charge in [0.25, 0.3) is 5.88 Å². The number of nitroso groups, excluding NO2 is 1. The van der Waals surface area contributed by atoms with Crippen LogP contribution in [0, 0.1) is 16.2 Å². The molecule has 10 nitrogen and oxygen atoms in total. The van der Waals surface area contributed by atoms with E-state index in [1.807, 2.05) is 0 Å². The Labute approximate surface area is 192 Å². The zero-order valence-corrected chi connectivity index (χ0v) is 18.6. The van der Waals surface area contributed by atoms with Crippen molar-refractivity contribution in [2.75, 3.05) is 13.7 Å². The molecule has 1 saturated carbocycles.